The van der Waals surface area contributed by atoms with Gasteiger partial charge in [-0.3, -0.25) is 4.99 Å². The highest BCUT2D eigenvalue weighted by molar-refractivity contribution is 14.0. The highest BCUT2D eigenvalue weighted by Crippen LogP contribution is 2.28. The first-order chi connectivity index (χ1) is 14.6. The van der Waals surface area contributed by atoms with E-state index in [9.17, 15) is 0 Å². The molecule has 2 N–H and O–H groups in total. The summed E-state index contributed by atoms with van der Waals surface area (Å²) in [4.78, 5) is 10.2. The number of aryl methyl sites for hydroxylation is 1. The SMILES string of the molecule is CN=C(NCCc1ccc(OC)c(OC)c1)NCc1sc(-c2ccccc2)nc1C.I. The van der Waals surface area contributed by atoms with Crippen molar-refractivity contribution in [3.05, 3.63) is 64.7 Å². The van der Waals surface area contributed by atoms with Crippen LogP contribution in [-0.4, -0.2) is 38.8 Å². The summed E-state index contributed by atoms with van der Waals surface area (Å²) in [7, 11) is 5.07. The summed E-state index contributed by atoms with van der Waals surface area (Å²) < 4.78 is 10.7. The molecule has 3 rings (SSSR count). The number of benzene rings is 2. The van der Waals surface area contributed by atoms with Crippen LogP contribution in [0.15, 0.2) is 53.5 Å². The van der Waals surface area contributed by atoms with Gasteiger partial charge in [0.2, 0.25) is 0 Å². The van der Waals surface area contributed by atoms with Gasteiger partial charge in [-0.05, 0) is 31.0 Å². The van der Waals surface area contributed by atoms with E-state index in [0.29, 0.717) is 6.54 Å². The second kappa shape index (κ2) is 12.5. The van der Waals surface area contributed by atoms with Crippen LogP contribution in [0.25, 0.3) is 10.6 Å². The minimum atomic E-state index is 0. The average molecular weight is 552 g/mol. The maximum absolute atomic E-state index is 5.37. The highest BCUT2D eigenvalue weighted by atomic mass is 127. The van der Waals surface area contributed by atoms with Crippen LogP contribution in [0.4, 0.5) is 0 Å². The quantitative estimate of drug-likeness (QED) is 0.242. The fourth-order valence-electron chi connectivity index (χ4n) is 3.04. The Kier molecular flexibility index (Phi) is 10.1. The summed E-state index contributed by atoms with van der Waals surface area (Å²) in [5.74, 6) is 2.25. The number of hydrogen-bond acceptors (Lipinski definition) is 5. The van der Waals surface area contributed by atoms with E-state index in [1.807, 2.05) is 43.3 Å². The molecule has 8 heteroatoms. The molecule has 0 aliphatic rings. The Morgan fingerprint density at radius 2 is 1.77 bits per heavy atom. The predicted molar refractivity (Wildman–Crippen MR) is 139 cm³/mol. The third-order valence-electron chi connectivity index (χ3n) is 4.71. The van der Waals surface area contributed by atoms with E-state index in [2.05, 4.69) is 27.8 Å². The van der Waals surface area contributed by atoms with Gasteiger partial charge in [0.1, 0.15) is 5.01 Å². The number of nitrogens with zero attached hydrogens (tertiary/aromatic N) is 2. The van der Waals surface area contributed by atoms with Gasteiger partial charge in [-0.25, -0.2) is 4.98 Å². The molecule has 0 saturated heterocycles. The molecule has 2 aromatic carbocycles. The summed E-state index contributed by atoms with van der Waals surface area (Å²) in [5, 5.41) is 7.79. The summed E-state index contributed by atoms with van der Waals surface area (Å²) >= 11 is 1.71. The number of halogens is 1. The van der Waals surface area contributed by atoms with Crippen molar-refractivity contribution in [2.24, 2.45) is 4.99 Å². The number of nitrogens with one attached hydrogen (secondary N) is 2. The van der Waals surface area contributed by atoms with Crippen LogP contribution in [0.1, 0.15) is 16.1 Å². The second-order valence-electron chi connectivity index (χ2n) is 6.69. The van der Waals surface area contributed by atoms with Crippen LogP contribution >= 0.6 is 35.3 Å². The van der Waals surface area contributed by atoms with Crippen molar-refractivity contribution >= 4 is 41.3 Å². The van der Waals surface area contributed by atoms with Crippen molar-refractivity contribution in [3.8, 4) is 22.1 Å². The lowest BCUT2D eigenvalue weighted by Gasteiger charge is -2.12. The molecule has 0 atom stereocenters. The summed E-state index contributed by atoms with van der Waals surface area (Å²) in [6, 6.07) is 16.2. The number of rotatable bonds is 8. The zero-order valence-electron chi connectivity index (χ0n) is 18.3. The Balaban J connectivity index is 0.00000341. The van der Waals surface area contributed by atoms with Crippen molar-refractivity contribution in [3.63, 3.8) is 0 Å². The van der Waals surface area contributed by atoms with Crippen LogP contribution in [0, 0.1) is 6.92 Å². The molecule has 0 unspecified atom stereocenters. The molecule has 0 aliphatic carbocycles. The highest BCUT2D eigenvalue weighted by Gasteiger charge is 2.10. The van der Waals surface area contributed by atoms with Crippen LogP contribution in [0.2, 0.25) is 0 Å². The van der Waals surface area contributed by atoms with E-state index in [0.717, 1.165) is 46.7 Å². The van der Waals surface area contributed by atoms with Crippen LogP contribution in [0.3, 0.4) is 0 Å². The van der Waals surface area contributed by atoms with E-state index < -0.39 is 0 Å². The maximum Gasteiger partial charge on any atom is 0.191 e. The Labute approximate surface area is 205 Å². The van der Waals surface area contributed by atoms with Gasteiger partial charge in [-0.15, -0.1) is 35.3 Å². The molecule has 3 aromatic rings. The lowest BCUT2D eigenvalue weighted by Crippen LogP contribution is -2.37. The fourth-order valence-corrected chi connectivity index (χ4v) is 4.05. The summed E-state index contributed by atoms with van der Waals surface area (Å²) in [6.07, 6.45) is 0.846. The van der Waals surface area contributed by atoms with Crippen molar-refractivity contribution in [1.82, 2.24) is 15.6 Å². The number of ether oxygens (including phenoxy) is 2. The van der Waals surface area contributed by atoms with Crippen molar-refractivity contribution < 1.29 is 9.47 Å². The number of guanidine groups is 1. The third-order valence-corrected chi connectivity index (χ3v) is 5.91. The molecular weight excluding hydrogens is 523 g/mol. The number of aromatic nitrogens is 1. The molecular formula is C23H29IN4O2S. The van der Waals surface area contributed by atoms with E-state index in [1.54, 1.807) is 32.6 Å². The van der Waals surface area contributed by atoms with Crippen molar-refractivity contribution in [2.45, 2.75) is 19.9 Å². The fraction of sp³-hybridized carbons (Fsp3) is 0.304. The number of methoxy groups -OCH3 is 2. The van der Waals surface area contributed by atoms with Gasteiger partial charge in [-0.1, -0.05) is 36.4 Å². The van der Waals surface area contributed by atoms with Gasteiger partial charge in [0.15, 0.2) is 17.5 Å². The Morgan fingerprint density at radius 1 is 1.03 bits per heavy atom. The molecule has 166 valence electrons. The molecule has 1 aromatic heterocycles. The Bertz CT molecular complexity index is 992. The topological polar surface area (TPSA) is 67.8 Å². The minimum Gasteiger partial charge on any atom is -0.493 e. The minimum absolute atomic E-state index is 0. The van der Waals surface area contributed by atoms with Crippen molar-refractivity contribution in [2.75, 3.05) is 27.8 Å². The number of aliphatic imine (C=N–C) groups is 1. The standard InChI is InChI=1S/C23H28N4O2S.HI/c1-16-21(30-22(27-16)18-8-6-5-7-9-18)15-26-23(24-2)25-13-12-17-10-11-19(28-3)20(14-17)29-4;/h5-11,14H,12-13,15H2,1-4H3,(H2,24,25,26);1H. The maximum atomic E-state index is 5.37. The smallest absolute Gasteiger partial charge is 0.191 e. The average Bonchev–Trinajstić information content (AvgIpc) is 3.17. The van der Waals surface area contributed by atoms with Crippen molar-refractivity contribution in [1.29, 1.82) is 0 Å². The normalized spacial score (nSPS) is 10.9. The summed E-state index contributed by atoms with van der Waals surface area (Å²) in [5.41, 5.74) is 3.36. The molecule has 0 fully saturated rings. The molecule has 0 radical (unpaired) electrons. The van der Waals surface area contributed by atoms with Gasteiger partial charge in [0.05, 0.1) is 26.5 Å². The molecule has 0 spiro atoms. The number of thiazole rings is 1. The van der Waals surface area contributed by atoms with Gasteiger partial charge < -0.3 is 20.1 Å². The molecule has 6 nitrogen and oxygen atoms in total. The van der Waals surface area contributed by atoms with Gasteiger partial charge in [0, 0.05) is 24.0 Å². The first-order valence-electron chi connectivity index (χ1n) is 9.81. The zero-order chi connectivity index (χ0) is 21.3. The molecule has 0 saturated carbocycles. The van der Waals surface area contributed by atoms with E-state index in [1.165, 1.54) is 10.4 Å². The molecule has 0 amide bonds. The van der Waals surface area contributed by atoms with Crippen LogP contribution in [-0.2, 0) is 13.0 Å². The van der Waals surface area contributed by atoms with Crippen LogP contribution in [0.5, 0.6) is 11.5 Å². The van der Waals surface area contributed by atoms with Crippen LogP contribution < -0.4 is 20.1 Å². The lowest BCUT2D eigenvalue weighted by atomic mass is 10.1. The first kappa shape index (κ1) is 24.9. The lowest BCUT2D eigenvalue weighted by molar-refractivity contribution is 0.354. The van der Waals surface area contributed by atoms with E-state index in [4.69, 9.17) is 14.5 Å². The zero-order valence-corrected chi connectivity index (χ0v) is 21.4. The molecule has 0 aliphatic heterocycles. The third kappa shape index (κ3) is 6.83. The Hall–Kier alpha value is -2.33. The molecule has 1 heterocycles. The monoisotopic (exact) mass is 552 g/mol. The van der Waals surface area contributed by atoms with Gasteiger partial charge in [-0.2, -0.15) is 0 Å². The number of hydrogen-bond donors (Lipinski definition) is 2. The molecule has 31 heavy (non-hydrogen) atoms. The Morgan fingerprint density at radius 3 is 2.45 bits per heavy atom. The van der Waals surface area contributed by atoms with Gasteiger partial charge in [0.25, 0.3) is 0 Å². The predicted octanol–water partition coefficient (Wildman–Crippen LogP) is 4.66. The largest absolute Gasteiger partial charge is 0.493 e. The van der Waals surface area contributed by atoms with E-state index >= 15 is 0 Å². The summed E-state index contributed by atoms with van der Waals surface area (Å²) in [6.45, 7) is 3.49. The first-order valence-corrected chi connectivity index (χ1v) is 10.6. The van der Waals surface area contributed by atoms with E-state index in [-0.39, 0.29) is 24.0 Å². The van der Waals surface area contributed by atoms with Gasteiger partial charge >= 0.3 is 0 Å². The molecule has 0 bridgehead atoms. The second-order valence-corrected chi connectivity index (χ2v) is 7.77.